The van der Waals surface area contributed by atoms with Crippen LogP contribution in [0.15, 0.2) is 91.5 Å². The molecule has 4 rings (SSSR count). The Morgan fingerprint density at radius 2 is 1.83 bits per heavy atom. The van der Waals surface area contributed by atoms with E-state index in [0.717, 1.165) is 28.8 Å². The van der Waals surface area contributed by atoms with Gasteiger partial charge in [-0.1, -0.05) is 42.5 Å². The summed E-state index contributed by atoms with van der Waals surface area (Å²) in [5.74, 6) is 2.00. The highest BCUT2D eigenvalue weighted by atomic mass is 16.5. The number of amides is 1. The number of hydrogen-bond acceptors (Lipinski definition) is 6. The molecule has 7 heteroatoms. The van der Waals surface area contributed by atoms with Crippen LogP contribution >= 0.6 is 0 Å². The Balaban J connectivity index is 1.44. The minimum absolute atomic E-state index is 0.111. The number of nitrogens with zero attached hydrogens (tertiary/aromatic N) is 3. The van der Waals surface area contributed by atoms with Crippen LogP contribution in [0, 0.1) is 0 Å². The first-order valence-corrected chi connectivity index (χ1v) is 11.6. The van der Waals surface area contributed by atoms with E-state index in [9.17, 15) is 4.79 Å². The summed E-state index contributed by atoms with van der Waals surface area (Å²) < 4.78 is 5.84. The maximum absolute atomic E-state index is 11.2. The van der Waals surface area contributed by atoms with Gasteiger partial charge in [0.15, 0.2) is 0 Å². The molecule has 0 atom stereocenters. The van der Waals surface area contributed by atoms with Gasteiger partial charge in [0.1, 0.15) is 11.6 Å². The summed E-state index contributed by atoms with van der Waals surface area (Å²) in [6, 6.07) is 25.5. The molecule has 0 bridgehead atoms. The third kappa shape index (κ3) is 6.35. The van der Waals surface area contributed by atoms with Crippen molar-refractivity contribution in [2.75, 3.05) is 35.2 Å². The average Bonchev–Trinajstić information content (AvgIpc) is 2.87. The van der Waals surface area contributed by atoms with Gasteiger partial charge in [-0.3, -0.25) is 4.79 Å². The van der Waals surface area contributed by atoms with E-state index in [1.807, 2.05) is 72.8 Å². The van der Waals surface area contributed by atoms with Crippen LogP contribution in [0.3, 0.4) is 0 Å². The predicted molar refractivity (Wildman–Crippen MR) is 143 cm³/mol. The van der Waals surface area contributed by atoms with Crippen molar-refractivity contribution in [2.24, 2.45) is 0 Å². The number of benzene rings is 3. The van der Waals surface area contributed by atoms with Gasteiger partial charge in [-0.05, 0) is 42.8 Å². The van der Waals surface area contributed by atoms with Gasteiger partial charge in [-0.15, -0.1) is 6.58 Å². The van der Waals surface area contributed by atoms with E-state index in [2.05, 4.69) is 34.2 Å². The number of carbonyl (C=O) groups is 1. The standard InChI is InChI=1S/C28H29N5O2/c1-3-18-33(23-12-5-4-6-13-23)27-25-15-7-8-16-26(25)31-28(32-27)29-17-10-19-35-24-14-9-11-22(20-24)30-21(2)34/h3-9,11-16,20H,1,10,17-19H2,2H3,(H,30,34)(H,29,31,32). The molecule has 3 aromatic carbocycles. The Hall–Kier alpha value is -4.39. The number of rotatable bonds is 11. The summed E-state index contributed by atoms with van der Waals surface area (Å²) >= 11 is 0. The quantitative estimate of drug-likeness (QED) is 0.215. The van der Waals surface area contributed by atoms with E-state index < -0.39 is 0 Å². The summed E-state index contributed by atoms with van der Waals surface area (Å²) in [7, 11) is 0. The van der Waals surface area contributed by atoms with Crippen molar-refractivity contribution in [3.8, 4) is 5.75 Å². The number of nitrogens with one attached hydrogen (secondary N) is 2. The number of anilines is 4. The van der Waals surface area contributed by atoms with Crippen LogP contribution < -0.4 is 20.3 Å². The molecule has 1 amide bonds. The van der Waals surface area contributed by atoms with Gasteiger partial charge < -0.3 is 20.3 Å². The monoisotopic (exact) mass is 467 g/mol. The molecule has 0 aliphatic heterocycles. The second-order valence-corrected chi connectivity index (χ2v) is 7.96. The third-order valence-electron chi connectivity index (χ3n) is 5.25. The molecule has 0 fully saturated rings. The molecule has 0 aliphatic rings. The lowest BCUT2D eigenvalue weighted by Gasteiger charge is -2.24. The van der Waals surface area contributed by atoms with E-state index in [4.69, 9.17) is 14.7 Å². The zero-order valence-corrected chi connectivity index (χ0v) is 19.8. The molecule has 0 saturated heterocycles. The molecular weight excluding hydrogens is 438 g/mol. The molecule has 0 unspecified atom stereocenters. The SMILES string of the molecule is C=CCN(c1ccccc1)c1nc(NCCCOc2cccc(NC(C)=O)c2)nc2ccccc12. The van der Waals surface area contributed by atoms with Crippen molar-refractivity contribution in [1.82, 2.24) is 9.97 Å². The van der Waals surface area contributed by atoms with Crippen LogP contribution in [0.1, 0.15) is 13.3 Å². The first-order valence-electron chi connectivity index (χ1n) is 11.6. The third-order valence-corrected chi connectivity index (χ3v) is 5.25. The van der Waals surface area contributed by atoms with E-state index in [1.165, 1.54) is 6.92 Å². The molecule has 0 aliphatic carbocycles. The Labute approximate surface area is 205 Å². The maximum Gasteiger partial charge on any atom is 0.225 e. The van der Waals surface area contributed by atoms with Gasteiger partial charge in [-0.25, -0.2) is 4.98 Å². The number of hydrogen-bond donors (Lipinski definition) is 2. The van der Waals surface area contributed by atoms with E-state index in [-0.39, 0.29) is 5.91 Å². The zero-order valence-electron chi connectivity index (χ0n) is 19.8. The van der Waals surface area contributed by atoms with Crippen LogP contribution in [0.2, 0.25) is 0 Å². The van der Waals surface area contributed by atoms with E-state index in [1.54, 1.807) is 0 Å². The average molecular weight is 468 g/mol. The highest BCUT2D eigenvalue weighted by Gasteiger charge is 2.15. The van der Waals surface area contributed by atoms with Crippen LogP contribution in [-0.2, 0) is 4.79 Å². The predicted octanol–water partition coefficient (Wildman–Crippen LogP) is 5.79. The smallest absolute Gasteiger partial charge is 0.225 e. The highest BCUT2D eigenvalue weighted by molar-refractivity contribution is 5.92. The highest BCUT2D eigenvalue weighted by Crippen LogP contribution is 2.31. The van der Waals surface area contributed by atoms with Gasteiger partial charge in [0.2, 0.25) is 11.9 Å². The van der Waals surface area contributed by atoms with E-state index in [0.29, 0.717) is 37.1 Å². The Morgan fingerprint density at radius 1 is 1.03 bits per heavy atom. The fourth-order valence-electron chi connectivity index (χ4n) is 3.73. The van der Waals surface area contributed by atoms with Crippen molar-refractivity contribution < 1.29 is 9.53 Å². The van der Waals surface area contributed by atoms with Crippen molar-refractivity contribution in [1.29, 1.82) is 0 Å². The lowest BCUT2D eigenvalue weighted by Crippen LogP contribution is -2.20. The zero-order chi connectivity index (χ0) is 24.5. The molecule has 7 nitrogen and oxygen atoms in total. The molecule has 0 saturated carbocycles. The lowest BCUT2D eigenvalue weighted by atomic mass is 10.2. The van der Waals surface area contributed by atoms with Crippen LogP contribution in [0.25, 0.3) is 10.9 Å². The minimum atomic E-state index is -0.111. The molecule has 35 heavy (non-hydrogen) atoms. The molecule has 0 radical (unpaired) electrons. The van der Waals surface area contributed by atoms with E-state index >= 15 is 0 Å². The van der Waals surface area contributed by atoms with Crippen molar-refractivity contribution in [3.63, 3.8) is 0 Å². The minimum Gasteiger partial charge on any atom is -0.493 e. The van der Waals surface area contributed by atoms with Gasteiger partial charge in [-0.2, -0.15) is 4.98 Å². The molecular formula is C28H29N5O2. The Kier molecular flexibility index (Phi) is 7.91. The first-order chi connectivity index (χ1) is 17.1. The van der Waals surface area contributed by atoms with Gasteiger partial charge in [0.05, 0.1) is 12.1 Å². The number of ether oxygens (including phenoxy) is 1. The Morgan fingerprint density at radius 3 is 2.63 bits per heavy atom. The van der Waals surface area contributed by atoms with Gasteiger partial charge >= 0.3 is 0 Å². The fourth-order valence-corrected chi connectivity index (χ4v) is 3.73. The first kappa shape index (κ1) is 23.8. The molecule has 1 aromatic heterocycles. The fraction of sp³-hybridized carbons (Fsp3) is 0.179. The van der Waals surface area contributed by atoms with Crippen LogP contribution in [0.4, 0.5) is 23.1 Å². The lowest BCUT2D eigenvalue weighted by molar-refractivity contribution is -0.114. The molecule has 4 aromatic rings. The topological polar surface area (TPSA) is 79.4 Å². The summed E-state index contributed by atoms with van der Waals surface area (Å²) in [4.78, 5) is 23.0. The van der Waals surface area contributed by atoms with Crippen molar-refractivity contribution >= 4 is 40.0 Å². The summed E-state index contributed by atoms with van der Waals surface area (Å²) in [5, 5.41) is 7.08. The van der Waals surface area contributed by atoms with Crippen LogP contribution in [0.5, 0.6) is 5.75 Å². The summed E-state index contributed by atoms with van der Waals surface area (Å²) in [6.45, 7) is 7.20. The summed E-state index contributed by atoms with van der Waals surface area (Å²) in [6.07, 6.45) is 2.63. The molecule has 178 valence electrons. The van der Waals surface area contributed by atoms with Gasteiger partial charge in [0.25, 0.3) is 0 Å². The Bertz CT molecular complexity index is 1290. The number of fused-ring (bicyclic) bond motifs is 1. The van der Waals surface area contributed by atoms with Crippen LogP contribution in [-0.4, -0.2) is 35.6 Å². The molecule has 1 heterocycles. The van der Waals surface area contributed by atoms with Crippen molar-refractivity contribution in [2.45, 2.75) is 13.3 Å². The second kappa shape index (κ2) is 11.7. The summed E-state index contributed by atoms with van der Waals surface area (Å²) in [5.41, 5.74) is 2.63. The second-order valence-electron chi connectivity index (χ2n) is 7.96. The van der Waals surface area contributed by atoms with Crippen molar-refractivity contribution in [3.05, 3.63) is 91.5 Å². The number of para-hydroxylation sites is 2. The largest absolute Gasteiger partial charge is 0.493 e. The molecule has 2 N–H and O–H groups in total. The maximum atomic E-state index is 11.2. The molecule has 0 spiro atoms. The number of carbonyl (C=O) groups excluding carboxylic acids is 1. The normalized spacial score (nSPS) is 10.5. The van der Waals surface area contributed by atoms with Gasteiger partial charge in [0, 0.05) is 42.8 Å². The number of aromatic nitrogens is 2.